The lowest BCUT2D eigenvalue weighted by Crippen LogP contribution is -2.31. The van der Waals surface area contributed by atoms with E-state index in [1.165, 1.54) is 17.8 Å². The number of rotatable bonds is 4. The van der Waals surface area contributed by atoms with Crippen molar-refractivity contribution in [3.05, 3.63) is 23.8 Å². The summed E-state index contributed by atoms with van der Waals surface area (Å²) in [6.07, 6.45) is -4.38. The highest BCUT2D eigenvalue weighted by molar-refractivity contribution is 7.98. The van der Waals surface area contributed by atoms with E-state index in [9.17, 15) is 13.2 Å². The molecule has 2 nitrogen and oxygen atoms in total. The van der Waals surface area contributed by atoms with E-state index in [1.54, 1.807) is 12.1 Å². The third-order valence-electron chi connectivity index (χ3n) is 2.28. The quantitative estimate of drug-likeness (QED) is 0.849. The van der Waals surface area contributed by atoms with Crippen molar-refractivity contribution in [2.45, 2.75) is 30.6 Å². The fraction of sp³-hybridized carbons (Fsp3) is 0.455. The summed E-state index contributed by atoms with van der Waals surface area (Å²) in [4.78, 5) is 0.833. The Kier molecular flexibility index (Phi) is 4.70. The Balaban J connectivity index is 2.98. The van der Waals surface area contributed by atoms with E-state index in [4.69, 9.17) is 10.5 Å². The fourth-order valence-electron chi connectivity index (χ4n) is 1.31. The number of alkyl halides is 3. The summed E-state index contributed by atoms with van der Waals surface area (Å²) in [6, 6.07) is 4.96. The second-order valence-electron chi connectivity index (χ2n) is 3.44. The molecule has 0 saturated carbocycles. The molecule has 0 bridgehead atoms. The summed E-state index contributed by atoms with van der Waals surface area (Å²) in [5, 5.41) is 0. The predicted molar refractivity (Wildman–Crippen MR) is 62.3 cm³/mol. The largest absolute Gasteiger partial charge is 0.481 e. The lowest BCUT2D eigenvalue weighted by Gasteiger charge is -2.20. The van der Waals surface area contributed by atoms with Crippen molar-refractivity contribution in [3.8, 4) is 5.75 Å². The van der Waals surface area contributed by atoms with Crippen LogP contribution in [0.3, 0.4) is 0 Å². The van der Waals surface area contributed by atoms with Crippen molar-refractivity contribution in [2.75, 3.05) is 6.26 Å². The maximum Gasteiger partial charge on any atom is 0.425 e. The SMILES string of the molecule is CSc1cccc(OC(C)C(F)(F)F)c1CN. The number of halogens is 3. The van der Waals surface area contributed by atoms with Gasteiger partial charge in [-0.1, -0.05) is 6.07 Å². The maximum absolute atomic E-state index is 12.4. The molecule has 1 aromatic rings. The van der Waals surface area contributed by atoms with E-state index in [1.807, 2.05) is 6.26 Å². The van der Waals surface area contributed by atoms with E-state index >= 15 is 0 Å². The number of thioether (sulfide) groups is 1. The molecule has 0 spiro atoms. The topological polar surface area (TPSA) is 35.2 Å². The predicted octanol–water partition coefficient (Wildman–Crippen LogP) is 3.20. The molecule has 0 aliphatic rings. The number of hydrogen-bond donors (Lipinski definition) is 1. The first-order chi connectivity index (χ1) is 7.90. The minimum atomic E-state index is -4.37. The van der Waals surface area contributed by atoms with Gasteiger partial charge in [0.1, 0.15) is 5.75 Å². The van der Waals surface area contributed by atoms with Crippen molar-refractivity contribution < 1.29 is 17.9 Å². The van der Waals surface area contributed by atoms with Gasteiger partial charge in [0.25, 0.3) is 0 Å². The van der Waals surface area contributed by atoms with Gasteiger partial charge in [-0.25, -0.2) is 0 Å². The summed E-state index contributed by atoms with van der Waals surface area (Å²) in [5.74, 6) is 0.198. The van der Waals surface area contributed by atoms with Crippen LogP contribution in [0.25, 0.3) is 0 Å². The minimum absolute atomic E-state index is 0.150. The third kappa shape index (κ3) is 3.54. The Morgan fingerprint density at radius 2 is 2.06 bits per heavy atom. The number of benzene rings is 1. The smallest absolute Gasteiger partial charge is 0.425 e. The summed E-state index contributed by atoms with van der Waals surface area (Å²) < 4.78 is 42.1. The molecule has 96 valence electrons. The van der Waals surface area contributed by atoms with Gasteiger partial charge in [0.2, 0.25) is 0 Å². The molecular formula is C11H14F3NOS. The minimum Gasteiger partial charge on any atom is -0.481 e. The van der Waals surface area contributed by atoms with Gasteiger partial charge in [-0.2, -0.15) is 13.2 Å². The van der Waals surface area contributed by atoms with Crippen molar-refractivity contribution in [1.29, 1.82) is 0 Å². The zero-order valence-electron chi connectivity index (χ0n) is 9.54. The van der Waals surface area contributed by atoms with Gasteiger partial charge in [-0.3, -0.25) is 0 Å². The molecule has 0 heterocycles. The highest BCUT2D eigenvalue weighted by atomic mass is 32.2. The number of hydrogen-bond acceptors (Lipinski definition) is 3. The first-order valence-electron chi connectivity index (χ1n) is 4.99. The van der Waals surface area contributed by atoms with Crippen LogP contribution in [0.1, 0.15) is 12.5 Å². The molecule has 1 rings (SSSR count). The zero-order valence-corrected chi connectivity index (χ0v) is 10.4. The first-order valence-corrected chi connectivity index (χ1v) is 6.22. The molecule has 2 N–H and O–H groups in total. The van der Waals surface area contributed by atoms with E-state index in [2.05, 4.69) is 0 Å². The molecule has 0 amide bonds. The maximum atomic E-state index is 12.4. The van der Waals surface area contributed by atoms with Crippen LogP contribution in [0, 0.1) is 0 Å². The van der Waals surface area contributed by atoms with E-state index in [0.29, 0.717) is 5.56 Å². The van der Waals surface area contributed by atoms with Crippen LogP contribution in [0.15, 0.2) is 23.1 Å². The molecule has 1 aromatic carbocycles. The summed E-state index contributed by atoms with van der Waals surface area (Å²) in [7, 11) is 0. The summed E-state index contributed by atoms with van der Waals surface area (Å²) in [5.41, 5.74) is 6.14. The monoisotopic (exact) mass is 265 g/mol. The van der Waals surface area contributed by atoms with Crippen molar-refractivity contribution in [2.24, 2.45) is 5.73 Å². The van der Waals surface area contributed by atoms with Gasteiger partial charge in [0, 0.05) is 17.0 Å². The molecule has 0 fully saturated rings. The Hall–Kier alpha value is -0.880. The summed E-state index contributed by atoms with van der Waals surface area (Å²) in [6.45, 7) is 1.13. The molecule has 6 heteroatoms. The molecule has 1 unspecified atom stereocenters. The van der Waals surface area contributed by atoms with Gasteiger partial charge in [-0.15, -0.1) is 11.8 Å². The average Bonchev–Trinajstić information content (AvgIpc) is 2.27. The first kappa shape index (κ1) is 14.2. The lowest BCUT2D eigenvalue weighted by molar-refractivity contribution is -0.189. The fourth-order valence-corrected chi connectivity index (χ4v) is 1.95. The molecule has 0 aliphatic heterocycles. The molecule has 0 radical (unpaired) electrons. The number of ether oxygens (including phenoxy) is 1. The van der Waals surface area contributed by atoms with Crippen molar-refractivity contribution >= 4 is 11.8 Å². The van der Waals surface area contributed by atoms with E-state index in [0.717, 1.165) is 11.8 Å². The molecule has 0 aromatic heterocycles. The van der Waals surface area contributed by atoms with Crippen molar-refractivity contribution in [3.63, 3.8) is 0 Å². The molecule has 17 heavy (non-hydrogen) atoms. The van der Waals surface area contributed by atoms with Crippen LogP contribution in [0.5, 0.6) is 5.75 Å². The Bertz CT molecular complexity index is 381. The van der Waals surface area contributed by atoms with Gasteiger partial charge in [-0.05, 0) is 25.3 Å². The molecule has 0 aliphatic carbocycles. The van der Waals surface area contributed by atoms with Crippen LogP contribution in [-0.2, 0) is 6.54 Å². The van der Waals surface area contributed by atoms with Crippen LogP contribution >= 0.6 is 11.8 Å². The van der Waals surface area contributed by atoms with E-state index < -0.39 is 12.3 Å². The van der Waals surface area contributed by atoms with Gasteiger partial charge < -0.3 is 10.5 Å². The van der Waals surface area contributed by atoms with Crippen LogP contribution in [0.2, 0.25) is 0 Å². The second kappa shape index (κ2) is 5.64. The molecule has 0 saturated heterocycles. The number of nitrogens with two attached hydrogens (primary N) is 1. The lowest BCUT2D eigenvalue weighted by atomic mass is 10.2. The van der Waals surface area contributed by atoms with Crippen LogP contribution < -0.4 is 10.5 Å². The van der Waals surface area contributed by atoms with Gasteiger partial charge in [0.05, 0.1) is 0 Å². The molecular weight excluding hydrogens is 251 g/mol. The highest BCUT2D eigenvalue weighted by Crippen LogP contribution is 2.31. The van der Waals surface area contributed by atoms with Gasteiger partial charge in [0.15, 0.2) is 6.10 Å². The van der Waals surface area contributed by atoms with E-state index in [-0.39, 0.29) is 12.3 Å². The Labute approximate surface area is 102 Å². The second-order valence-corrected chi connectivity index (χ2v) is 4.29. The highest BCUT2D eigenvalue weighted by Gasteiger charge is 2.38. The zero-order chi connectivity index (χ0) is 13.1. The standard InChI is InChI=1S/C11H14F3NOS/c1-7(11(12,13)14)16-9-4-3-5-10(17-2)8(9)6-15/h3-5,7H,6,15H2,1-2H3. The third-order valence-corrected chi connectivity index (χ3v) is 3.10. The molecule has 1 atom stereocenters. The van der Waals surface area contributed by atoms with Crippen LogP contribution in [0.4, 0.5) is 13.2 Å². The van der Waals surface area contributed by atoms with Crippen LogP contribution in [-0.4, -0.2) is 18.5 Å². The summed E-state index contributed by atoms with van der Waals surface area (Å²) >= 11 is 1.43. The van der Waals surface area contributed by atoms with Crippen molar-refractivity contribution in [1.82, 2.24) is 0 Å². The normalized spacial score (nSPS) is 13.5. The van der Waals surface area contributed by atoms with Gasteiger partial charge >= 0.3 is 6.18 Å². The Morgan fingerprint density at radius 1 is 1.41 bits per heavy atom. The average molecular weight is 265 g/mol. The Morgan fingerprint density at radius 3 is 2.53 bits per heavy atom.